The molecule has 1 aliphatic carbocycles. The molecule has 6 heteroatoms. The van der Waals surface area contributed by atoms with Gasteiger partial charge in [-0.2, -0.15) is 5.10 Å². The van der Waals surface area contributed by atoms with Gasteiger partial charge in [-0.25, -0.2) is 4.39 Å². The van der Waals surface area contributed by atoms with Gasteiger partial charge in [0.2, 0.25) is 0 Å². The smallest absolute Gasteiger partial charge is 0.125 e. The average Bonchev–Trinajstić information content (AvgIpc) is 3.18. The number of benzene rings is 1. The van der Waals surface area contributed by atoms with E-state index < -0.39 is 6.17 Å². The van der Waals surface area contributed by atoms with Crippen molar-refractivity contribution < 1.29 is 4.39 Å². The van der Waals surface area contributed by atoms with Crippen molar-refractivity contribution in [3.8, 4) is 24.0 Å². The summed E-state index contributed by atoms with van der Waals surface area (Å²) in [6.07, 6.45) is 16.7. The predicted octanol–water partition coefficient (Wildman–Crippen LogP) is 3.78. The van der Waals surface area contributed by atoms with Gasteiger partial charge in [0.25, 0.3) is 0 Å². The number of hydrogen-bond donors (Lipinski definition) is 2. The Morgan fingerprint density at radius 1 is 1.23 bits per heavy atom. The van der Waals surface area contributed by atoms with E-state index in [4.69, 9.17) is 5.73 Å². The number of nitrogens with two attached hydrogens (primary N) is 1. The van der Waals surface area contributed by atoms with E-state index in [1.807, 2.05) is 31.6 Å². The summed E-state index contributed by atoms with van der Waals surface area (Å²) in [6.45, 7) is 6.58. The largest absolute Gasteiger partial charge is 0.398 e. The van der Waals surface area contributed by atoms with Crippen LogP contribution in [0, 0.1) is 18.8 Å². The first kappa shape index (κ1) is 22.9. The first-order valence-corrected chi connectivity index (χ1v) is 11.0. The van der Waals surface area contributed by atoms with E-state index in [2.05, 4.69) is 40.8 Å². The fourth-order valence-corrected chi connectivity index (χ4v) is 4.59. The van der Waals surface area contributed by atoms with Gasteiger partial charge in [-0.15, -0.1) is 12.8 Å². The SMILES string of the molecule is C#C.C=C(Cc1cc(-c2cnn(C)c2)ccc1N)NC1CCC(CN2CC(F)C2)CC1. The molecule has 1 aliphatic heterocycles. The predicted molar refractivity (Wildman–Crippen MR) is 126 cm³/mol. The Bertz CT molecular complexity index is 888. The van der Waals surface area contributed by atoms with Crippen LogP contribution >= 0.6 is 0 Å². The standard InChI is InChI=1S/C23H32FN5.C2H2/c1-16(27-22-6-3-17(4-7-22)12-29-14-21(24)15-29)9-19-10-18(5-8-23(19)25)20-11-26-28(2)13-20;1-2/h5,8,10-11,13,17,21-22,27H,1,3-4,6-7,9,12,14-15,25H2,2H3;1-2H. The van der Waals surface area contributed by atoms with E-state index >= 15 is 0 Å². The van der Waals surface area contributed by atoms with Crippen molar-refractivity contribution in [3.63, 3.8) is 0 Å². The van der Waals surface area contributed by atoms with E-state index in [0.29, 0.717) is 25.0 Å². The normalized spacial score (nSPS) is 21.5. The summed E-state index contributed by atoms with van der Waals surface area (Å²) in [6, 6.07) is 6.62. The summed E-state index contributed by atoms with van der Waals surface area (Å²) in [5.74, 6) is 0.709. The summed E-state index contributed by atoms with van der Waals surface area (Å²) in [4.78, 5) is 2.25. The molecule has 0 atom stereocenters. The molecule has 1 saturated carbocycles. The summed E-state index contributed by atoms with van der Waals surface area (Å²) in [7, 11) is 1.92. The van der Waals surface area contributed by atoms with Crippen LogP contribution in [0.4, 0.5) is 10.1 Å². The van der Waals surface area contributed by atoms with Gasteiger partial charge in [0.1, 0.15) is 6.17 Å². The molecule has 166 valence electrons. The lowest BCUT2D eigenvalue weighted by atomic mass is 9.85. The number of allylic oxidation sites excluding steroid dienone is 1. The zero-order valence-corrected chi connectivity index (χ0v) is 18.4. The second kappa shape index (κ2) is 10.5. The Kier molecular flexibility index (Phi) is 7.75. The number of aromatic nitrogens is 2. The molecule has 5 nitrogen and oxygen atoms in total. The molecule has 3 N–H and O–H groups in total. The van der Waals surface area contributed by atoms with Gasteiger partial charge in [0.15, 0.2) is 0 Å². The highest BCUT2D eigenvalue weighted by Crippen LogP contribution is 2.28. The number of alkyl halides is 1. The molecule has 0 spiro atoms. The van der Waals surface area contributed by atoms with Crippen molar-refractivity contribution in [2.45, 2.75) is 44.3 Å². The Labute approximate surface area is 185 Å². The molecule has 2 aliphatic rings. The number of nitrogens with zero attached hydrogens (tertiary/aromatic N) is 3. The van der Waals surface area contributed by atoms with Gasteiger partial charge in [-0.1, -0.05) is 12.6 Å². The molecule has 2 fully saturated rings. The summed E-state index contributed by atoms with van der Waals surface area (Å²) in [5, 5.41) is 7.88. The van der Waals surface area contributed by atoms with Crippen molar-refractivity contribution in [1.82, 2.24) is 20.0 Å². The van der Waals surface area contributed by atoms with Crippen molar-refractivity contribution >= 4 is 5.69 Å². The lowest BCUT2D eigenvalue weighted by molar-refractivity contribution is 0.0445. The average molecular weight is 424 g/mol. The fourth-order valence-electron chi connectivity index (χ4n) is 4.59. The second-order valence-corrected chi connectivity index (χ2v) is 8.77. The highest BCUT2D eigenvalue weighted by molar-refractivity contribution is 5.67. The molecule has 1 saturated heterocycles. The highest BCUT2D eigenvalue weighted by atomic mass is 19.1. The van der Waals surface area contributed by atoms with Gasteiger partial charge in [0, 0.05) is 62.3 Å². The lowest BCUT2D eigenvalue weighted by Gasteiger charge is -2.39. The third kappa shape index (κ3) is 6.11. The van der Waals surface area contributed by atoms with E-state index in [-0.39, 0.29) is 0 Å². The maximum Gasteiger partial charge on any atom is 0.125 e. The number of anilines is 1. The Balaban J connectivity index is 0.00000132. The maximum atomic E-state index is 13.0. The zero-order valence-electron chi connectivity index (χ0n) is 18.4. The second-order valence-electron chi connectivity index (χ2n) is 8.77. The van der Waals surface area contributed by atoms with E-state index in [1.54, 1.807) is 4.68 Å². The van der Waals surface area contributed by atoms with E-state index in [1.165, 1.54) is 12.8 Å². The van der Waals surface area contributed by atoms with Crippen LogP contribution in [0.1, 0.15) is 31.2 Å². The van der Waals surface area contributed by atoms with Crippen molar-refractivity contribution in [3.05, 3.63) is 48.4 Å². The Hall–Kier alpha value is -2.78. The molecule has 0 bridgehead atoms. The third-order valence-corrected chi connectivity index (χ3v) is 6.27. The molecule has 2 aromatic rings. The zero-order chi connectivity index (χ0) is 22.4. The number of likely N-dealkylation sites (tertiary alicyclic amines) is 1. The molecule has 1 aromatic carbocycles. The van der Waals surface area contributed by atoms with Gasteiger partial charge in [0.05, 0.1) is 6.20 Å². The fraction of sp³-hybridized carbons (Fsp3) is 0.480. The first-order chi connectivity index (χ1) is 15.0. The van der Waals surface area contributed by atoms with Crippen LogP contribution in [0.25, 0.3) is 11.1 Å². The molecule has 4 rings (SSSR count). The van der Waals surface area contributed by atoms with Crippen molar-refractivity contribution in [2.24, 2.45) is 13.0 Å². The minimum absolute atomic E-state index is 0.479. The summed E-state index contributed by atoms with van der Waals surface area (Å²) < 4.78 is 14.8. The minimum atomic E-state index is -0.597. The molecule has 0 unspecified atom stereocenters. The monoisotopic (exact) mass is 423 g/mol. The molecule has 0 radical (unpaired) electrons. The molecular formula is C25H34FN5. The molecule has 31 heavy (non-hydrogen) atoms. The van der Waals surface area contributed by atoms with Crippen LogP contribution in [0.3, 0.4) is 0 Å². The van der Waals surface area contributed by atoms with Gasteiger partial charge < -0.3 is 11.1 Å². The quantitative estimate of drug-likeness (QED) is 0.526. The summed E-state index contributed by atoms with van der Waals surface area (Å²) >= 11 is 0. The maximum absolute atomic E-state index is 13.0. The number of halogens is 1. The third-order valence-electron chi connectivity index (χ3n) is 6.27. The van der Waals surface area contributed by atoms with Gasteiger partial charge in [-0.05, 0) is 54.9 Å². The molecular weight excluding hydrogens is 389 g/mol. The Morgan fingerprint density at radius 2 is 1.94 bits per heavy atom. The number of aryl methyl sites for hydroxylation is 1. The first-order valence-electron chi connectivity index (χ1n) is 11.0. The van der Waals surface area contributed by atoms with Crippen LogP contribution in [0.15, 0.2) is 42.9 Å². The highest BCUT2D eigenvalue weighted by Gasteiger charge is 2.30. The number of hydrogen-bond acceptors (Lipinski definition) is 4. The van der Waals surface area contributed by atoms with Crippen molar-refractivity contribution in [2.75, 3.05) is 25.4 Å². The number of nitrogens with one attached hydrogen (secondary N) is 1. The van der Waals surface area contributed by atoms with Gasteiger partial charge >= 0.3 is 0 Å². The van der Waals surface area contributed by atoms with Crippen LogP contribution in [0.2, 0.25) is 0 Å². The Morgan fingerprint density at radius 3 is 2.55 bits per heavy atom. The molecule has 0 amide bonds. The van der Waals surface area contributed by atoms with Crippen LogP contribution in [-0.4, -0.2) is 46.5 Å². The minimum Gasteiger partial charge on any atom is -0.398 e. The van der Waals surface area contributed by atoms with Crippen LogP contribution < -0.4 is 11.1 Å². The number of terminal acetylenes is 1. The molecule has 2 heterocycles. The van der Waals surface area contributed by atoms with Crippen molar-refractivity contribution in [1.29, 1.82) is 0 Å². The lowest BCUT2D eigenvalue weighted by Crippen LogP contribution is -2.50. The van der Waals surface area contributed by atoms with E-state index in [0.717, 1.165) is 53.9 Å². The number of nitrogen functional groups attached to an aromatic ring is 1. The topological polar surface area (TPSA) is 59.1 Å². The summed E-state index contributed by atoms with van der Waals surface area (Å²) in [5.41, 5.74) is 11.3. The van der Waals surface area contributed by atoms with E-state index in [9.17, 15) is 4.39 Å². The molecule has 1 aromatic heterocycles. The van der Waals surface area contributed by atoms with Crippen LogP contribution in [0.5, 0.6) is 0 Å². The number of rotatable bonds is 7. The van der Waals surface area contributed by atoms with Gasteiger partial charge in [-0.3, -0.25) is 9.58 Å². The van der Waals surface area contributed by atoms with Crippen LogP contribution in [-0.2, 0) is 13.5 Å².